The third-order valence-corrected chi connectivity index (χ3v) is 9.52. The molecule has 2 fully saturated rings. The van der Waals surface area contributed by atoms with E-state index in [1.54, 1.807) is 24.5 Å². The molecule has 11 heteroatoms. The monoisotopic (exact) mass is 611 g/mol. The number of amides is 1. The van der Waals surface area contributed by atoms with Crippen molar-refractivity contribution in [3.05, 3.63) is 97.1 Å². The number of H-pyrrole nitrogens is 1. The first kappa shape index (κ1) is 28.0. The van der Waals surface area contributed by atoms with Gasteiger partial charge in [0.1, 0.15) is 23.3 Å². The van der Waals surface area contributed by atoms with Gasteiger partial charge >= 0.3 is 0 Å². The molecule has 8 rings (SSSR count). The Balaban J connectivity index is 0.924. The molecule has 228 valence electrons. The van der Waals surface area contributed by atoms with Crippen LogP contribution in [0.3, 0.4) is 0 Å². The number of hydrogen-bond donors (Lipinski definition) is 1. The van der Waals surface area contributed by atoms with E-state index in [4.69, 9.17) is 0 Å². The van der Waals surface area contributed by atoms with Gasteiger partial charge in [0.25, 0.3) is 5.91 Å². The summed E-state index contributed by atoms with van der Waals surface area (Å²) in [4.78, 5) is 33.9. The fourth-order valence-electron chi connectivity index (χ4n) is 7.08. The molecule has 6 heterocycles. The molecule has 2 aliphatic rings. The molecule has 0 aliphatic carbocycles. The Morgan fingerprint density at radius 3 is 2.72 bits per heavy atom. The number of halogens is 1. The van der Waals surface area contributed by atoms with E-state index in [0.29, 0.717) is 49.8 Å². The summed E-state index contributed by atoms with van der Waals surface area (Å²) in [6.45, 7) is 2.60. The molecule has 46 heavy (non-hydrogen) atoms. The van der Waals surface area contributed by atoms with E-state index in [2.05, 4.69) is 36.0 Å². The van der Waals surface area contributed by atoms with Crippen molar-refractivity contribution in [2.75, 3.05) is 26.2 Å². The van der Waals surface area contributed by atoms with Crippen LogP contribution in [0.15, 0.2) is 85.7 Å². The third-order valence-electron chi connectivity index (χ3n) is 9.52. The van der Waals surface area contributed by atoms with Gasteiger partial charge in [0.15, 0.2) is 0 Å². The van der Waals surface area contributed by atoms with Crippen LogP contribution in [0.2, 0.25) is 0 Å². The Kier molecular flexibility index (Phi) is 6.80. The number of piperidine rings is 1. The Labute approximate surface area is 264 Å². The smallest absolute Gasteiger partial charge is 0.253 e. The quantitative estimate of drug-likeness (QED) is 0.268. The zero-order valence-electron chi connectivity index (χ0n) is 25.0. The van der Waals surface area contributed by atoms with Crippen molar-refractivity contribution < 1.29 is 9.18 Å². The first-order valence-corrected chi connectivity index (χ1v) is 15.4. The van der Waals surface area contributed by atoms with Crippen molar-refractivity contribution in [3.8, 4) is 28.5 Å². The minimum absolute atomic E-state index is 0.156. The Morgan fingerprint density at radius 1 is 1.02 bits per heavy atom. The molecule has 0 spiro atoms. The van der Waals surface area contributed by atoms with Gasteiger partial charge in [-0.15, -0.1) is 0 Å². The van der Waals surface area contributed by atoms with E-state index in [9.17, 15) is 10.1 Å². The minimum atomic E-state index is -0.425. The summed E-state index contributed by atoms with van der Waals surface area (Å²) >= 11 is 0. The van der Waals surface area contributed by atoms with Crippen molar-refractivity contribution in [3.63, 3.8) is 0 Å². The minimum Gasteiger partial charge on any atom is -0.346 e. The van der Waals surface area contributed by atoms with Crippen LogP contribution in [0.5, 0.6) is 0 Å². The number of fused-ring (bicyclic) bond motifs is 2. The van der Waals surface area contributed by atoms with Crippen molar-refractivity contribution in [1.82, 2.24) is 39.5 Å². The Hall–Kier alpha value is -5.47. The molecular formula is C35H30FN9O. The molecule has 0 bridgehead atoms. The number of carbonyl (C=O) groups is 1. The standard InChI is InChI=1S/C35H30FN9O/c36-30-17-23(6-7-27(30)26-3-1-5-31-28(26)4-2-13-38-31)34(46)43-15-9-25(10-16-43)44-20-35(21-44,11-12-37)45-19-24(18-42-45)32-29-8-14-39-33(29)41-22-40-32/h1-8,13-14,17-19,22,25H,9-11,15-16,20-21H2,(H,39,40,41). The van der Waals surface area contributed by atoms with Gasteiger partial charge in [-0.1, -0.05) is 24.3 Å². The van der Waals surface area contributed by atoms with E-state index in [1.807, 2.05) is 58.4 Å². The number of pyridine rings is 1. The maximum absolute atomic E-state index is 15.4. The second kappa shape index (κ2) is 11.2. The van der Waals surface area contributed by atoms with E-state index >= 15 is 4.39 Å². The second-order valence-electron chi connectivity index (χ2n) is 12.2. The summed E-state index contributed by atoms with van der Waals surface area (Å²) in [6.07, 6.45) is 10.9. The van der Waals surface area contributed by atoms with Gasteiger partial charge in [-0.3, -0.25) is 19.4 Å². The molecule has 0 atom stereocenters. The number of aromatic nitrogens is 6. The normalized spacial score (nSPS) is 16.8. The van der Waals surface area contributed by atoms with Crippen LogP contribution >= 0.6 is 0 Å². The van der Waals surface area contributed by atoms with Crippen LogP contribution in [-0.4, -0.2) is 77.6 Å². The highest BCUT2D eigenvalue weighted by Gasteiger charge is 2.48. The number of nitriles is 1. The van der Waals surface area contributed by atoms with Gasteiger partial charge in [-0.05, 0) is 48.7 Å². The van der Waals surface area contributed by atoms with Crippen molar-refractivity contribution in [1.29, 1.82) is 5.26 Å². The zero-order chi connectivity index (χ0) is 31.3. The van der Waals surface area contributed by atoms with Crippen LogP contribution in [0, 0.1) is 17.1 Å². The van der Waals surface area contributed by atoms with Gasteiger partial charge in [0.2, 0.25) is 0 Å². The van der Waals surface area contributed by atoms with Crippen LogP contribution in [0.25, 0.3) is 44.3 Å². The zero-order valence-corrected chi connectivity index (χ0v) is 25.0. The summed E-state index contributed by atoms with van der Waals surface area (Å²) < 4.78 is 17.3. The lowest BCUT2D eigenvalue weighted by atomic mass is 9.83. The van der Waals surface area contributed by atoms with Crippen LogP contribution in [-0.2, 0) is 5.54 Å². The number of benzene rings is 2. The SMILES string of the molecule is N#CCC1(n2cc(-c3ncnc4[nH]ccc34)cn2)CN(C2CCN(C(=O)c3ccc(-c4cccc5ncccc45)c(F)c3)CC2)C1. The molecular weight excluding hydrogens is 581 g/mol. The van der Waals surface area contributed by atoms with Gasteiger partial charge < -0.3 is 9.88 Å². The molecule has 0 radical (unpaired) electrons. The average molecular weight is 612 g/mol. The molecule has 4 aromatic heterocycles. The van der Waals surface area contributed by atoms with Gasteiger partial charge in [0.05, 0.1) is 29.9 Å². The molecule has 6 aromatic rings. The highest BCUT2D eigenvalue weighted by molar-refractivity contribution is 5.97. The lowest BCUT2D eigenvalue weighted by Gasteiger charge is -2.53. The number of rotatable bonds is 6. The third kappa shape index (κ3) is 4.69. The number of carbonyl (C=O) groups excluding carboxylic acids is 1. The summed E-state index contributed by atoms with van der Waals surface area (Å²) in [6, 6.07) is 18.8. The highest BCUT2D eigenvalue weighted by atomic mass is 19.1. The lowest BCUT2D eigenvalue weighted by Crippen LogP contribution is -2.66. The maximum Gasteiger partial charge on any atom is 0.253 e. The molecule has 0 unspecified atom stereocenters. The molecule has 1 N–H and O–H groups in total. The van der Waals surface area contributed by atoms with E-state index in [-0.39, 0.29) is 5.91 Å². The summed E-state index contributed by atoms with van der Waals surface area (Å²) in [5, 5.41) is 16.2. The Bertz CT molecular complexity index is 2130. The number of aromatic amines is 1. The second-order valence-corrected chi connectivity index (χ2v) is 12.2. The van der Waals surface area contributed by atoms with Crippen molar-refractivity contribution >= 4 is 27.8 Å². The number of hydrogen-bond acceptors (Lipinski definition) is 7. The predicted molar refractivity (Wildman–Crippen MR) is 171 cm³/mol. The van der Waals surface area contributed by atoms with Crippen LogP contribution in [0.4, 0.5) is 4.39 Å². The molecule has 2 saturated heterocycles. The van der Waals surface area contributed by atoms with E-state index in [0.717, 1.165) is 51.6 Å². The summed E-state index contributed by atoms with van der Waals surface area (Å²) in [7, 11) is 0. The van der Waals surface area contributed by atoms with E-state index in [1.165, 1.54) is 12.4 Å². The fraction of sp³-hybridized carbons (Fsp3) is 0.257. The van der Waals surface area contributed by atoms with E-state index < -0.39 is 11.4 Å². The molecule has 1 amide bonds. The molecule has 10 nitrogen and oxygen atoms in total. The Morgan fingerprint density at radius 2 is 1.89 bits per heavy atom. The maximum atomic E-state index is 15.4. The number of nitrogens with one attached hydrogen (secondary N) is 1. The molecule has 2 aliphatic heterocycles. The topological polar surface area (TPSA) is 120 Å². The van der Waals surface area contributed by atoms with Gasteiger partial charge in [-0.25, -0.2) is 14.4 Å². The number of nitrogens with zero attached hydrogens (tertiary/aromatic N) is 8. The molecule has 2 aromatic carbocycles. The first-order valence-electron chi connectivity index (χ1n) is 15.4. The van der Waals surface area contributed by atoms with Crippen LogP contribution in [0.1, 0.15) is 29.6 Å². The first-order chi connectivity index (χ1) is 22.5. The van der Waals surface area contributed by atoms with Gasteiger partial charge in [0, 0.05) is 78.3 Å². The van der Waals surface area contributed by atoms with Gasteiger partial charge in [-0.2, -0.15) is 10.4 Å². The fourth-order valence-corrected chi connectivity index (χ4v) is 7.08. The lowest BCUT2D eigenvalue weighted by molar-refractivity contribution is -0.0412. The van der Waals surface area contributed by atoms with Crippen LogP contribution < -0.4 is 0 Å². The highest BCUT2D eigenvalue weighted by Crippen LogP contribution is 2.37. The average Bonchev–Trinajstić information content (AvgIpc) is 3.77. The summed E-state index contributed by atoms with van der Waals surface area (Å²) in [5.74, 6) is -0.582. The van der Waals surface area contributed by atoms with Crippen molar-refractivity contribution in [2.45, 2.75) is 30.8 Å². The summed E-state index contributed by atoms with van der Waals surface area (Å²) in [5.41, 5.74) is 4.39. The van der Waals surface area contributed by atoms with Crippen molar-refractivity contribution in [2.24, 2.45) is 0 Å². The largest absolute Gasteiger partial charge is 0.346 e. The number of likely N-dealkylation sites (tertiary alicyclic amines) is 2. The predicted octanol–water partition coefficient (Wildman–Crippen LogP) is 5.41. The molecule has 0 saturated carbocycles.